The van der Waals surface area contributed by atoms with E-state index in [1.54, 1.807) is 24.3 Å². The molecule has 0 saturated carbocycles. The lowest BCUT2D eigenvalue weighted by molar-refractivity contribution is -0.0689. The van der Waals surface area contributed by atoms with Gasteiger partial charge in [0.05, 0.1) is 65.0 Å². The Balaban J connectivity index is 1.78. The molecule has 27 heavy (non-hydrogen) atoms. The number of hydrogen-bond donors (Lipinski definition) is 0. The second kappa shape index (κ2) is 13.3. The Morgan fingerprint density at radius 2 is 1.48 bits per heavy atom. The Labute approximate surface area is 159 Å². The maximum atomic E-state index is 12.2. The van der Waals surface area contributed by atoms with Gasteiger partial charge in [-0.3, -0.25) is 0 Å². The third-order valence-electron chi connectivity index (χ3n) is 3.69. The summed E-state index contributed by atoms with van der Waals surface area (Å²) < 4.78 is 32.8. The Hall–Kier alpha value is -1.95. The van der Waals surface area contributed by atoms with E-state index in [0.29, 0.717) is 70.6 Å². The smallest absolute Gasteiger partial charge is 0.338 e. The van der Waals surface area contributed by atoms with Crippen molar-refractivity contribution in [2.24, 2.45) is 0 Å². The van der Waals surface area contributed by atoms with E-state index in [0.717, 1.165) is 0 Å². The Kier molecular flexibility index (Phi) is 10.5. The third-order valence-corrected chi connectivity index (χ3v) is 3.69. The van der Waals surface area contributed by atoms with Crippen LogP contribution in [-0.2, 0) is 28.4 Å². The molecular formula is C20H26O7. The first-order valence-electron chi connectivity index (χ1n) is 8.96. The summed E-state index contributed by atoms with van der Waals surface area (Å²) >= 11 is 0. The maximum Gasteiger partial charge on any atom is 0.338 e. The number of benzene rings is 1. The lowest BCUT2D eigenvalue weighted by atomic mass is 10.1. The zero-order chi connectivity index (χ0) is 19.2. The average molecular weight is 378 g/mol. The van der Waals surface area contributed by atoms with Crippen molar-refractivity contribution in [2.45, 2.75) is 6.10 Å². The van der Waals surface area contributed by atoms with E-state index >= 15 is 0 Å². The lowest BCUT2D eigenvalue weighted by Crippen LogP contribution is -2.29. The predicted molar refractivity (Wildman–Crippen MR) is 97.7 cm³/mol. The van der Waals surface area contributed by atoms with Gasteiger partial charge in [0.25, 0.3) is 0 Å². The second-order valence-corrected chi connectivity index (χ2v) is 5.72. The summed E-state index contributed by atoms with van der Waals surface area (Å²) in [5.41, 5.74) is 1.14. The molecule has 0 N–H and O–H groups in total. The highest BCUT2D eigenvalue weighted by Gasteiger charge is 2.15. The Morgan fingerprint density at radius 3 is 2.07 bits per heavy atom. The molecule has 2 rings (SSSR count). The summed E-state index contributed by atoms with van der Waals surface area (Å²) in [5.74, 6) is 2.07. The zero-order valence-electron chi connectivity index (χ0n) is 15.4. The fraction of sp³-hybridized carbons (Fsp3) is 0.550. The Bertz CT molecular complexity index is 563. The van der Waals surface area contributed by atoms with Gasteiger partial charge in [-0.2, -0.15) is 0 Å². The number of hydrogen-bond acceptors (Lipinski definition) is 7. The molecule has 0 aliphatic carbocycles. The molecule has 0 amide bonds. The third kappa shape index (κ3) is 9.00. The van der Waals surface area contributed by atoms with Crippen molar-refractivity contribution >= 4 is 5.97 Å². The zero-order valence-corrected chi connectivity index (χ0v) is 15.4. The quantitative estimate of drug-likeness (QED) is 0.580. The van der Waals surface area contributed by atoms with E-state index in [9.17, 15) is 4.79 Å². The molecular weight excluding hydrogens is 352 g/mol. The molecule has 1 saturated heterocycles. The summed E-state index contributed by atoms with van der Waals surface area (Å²) in [6.07, 6.45) is 4.92. The molecule has 1 heterocycles. The molecule has 7 nitrogen and oxygen atoms in total. The maximum absolute atomic E-state index is 12.2. The lowest BCUT2D eigenvalue weighted by Gasteiger charge is -2.18. The van der Waals surface area contributed by atoms with Crippen LogP contribution in [0.25, 0.3) is 0 Å². The molecule has 0 bridgehead atoms. The topological polar surface area (TPSA) is 72.5 Å². The number of ether oxygens (including phenoxy) is 6. The van der Waals surface area contributed by atoms with Gasteiger partial charge in [-0.05, 0) is 24.3 Å². The normalized spacial score (nSPS) is 20.6. The van der Waals surface area contributed by atoms with Crippen molar-refractivity contribution in [3.05, 3.63) is 35.4 Å². The molecule has 1 aliphatic heterocycles. The van der Waals surface area contributed by atoms with Gasteiger partial charge in [-0.25, -0.2) is 4.79 Å². The molecule has 1 aliphatic rings. The van der Waals surface area contributed by atoms with Crippen molar-refractivity contribution in [1.82, 2.24) is 0 Å². The van der Waals surface area contributed by atoms with Crippen molar-refractivity contribution in [1.29, 1.82) is 0 Å². The SMILES string of the molecule is C#Cc1ccc(C(=O)OCC2COCCOCCOCCOCCO2)cc1. The molecule has 0 aromatic heterocycles. The molecule has 1 unspecified atom stereocenters. The fourth-order valence-corrected chi connectivity index (χ4v) is 2.25. The van der Waals surface area contributed by atoms with Crippen molar-refractivity contribution in [3.8, 4) is 12.3 Å². The summed E-state index contributed by atoms with van der Waals surface area (Å²) in [7, 11) is 0. The van der Waals surface area contributed by atoms with E-state index < -0.39 is 5.97 Å². The predicted octanol–water partition coefficient (Wildman–Crippen LogP) is 1.29. The van der Waals surface area contributed by atoms with Gasteiger partial charge in [0.1, 0.15) is 12.7 Å². The molecule has 0 radical (unpaired) electrons. The van der Waals surface area contributed by atoms with Gasteiger partial charge in [-0.1, -0.05) is 5.92 Å². The van der Waals surface area contributed by atoms with Crippen LogP contribution in [-0.4, -0.2) is 78.1 Å². The van der Waals surface area contributed by atoms with E-state index in [2.05, 4.69) is 5.92 Å². The number of rotatable bonds is 3. The summed E-state index contributed by atoms with van der Waals surface area (Å²) in [6, 6.07) is 6.67. The van der Waals surface area contributed by atoms with Gasteiger partial charge in [0.15, 0.2) is 0 Å². The highest BCUT2D eigenvalue weighted by Crippen LogP contribution is 2.06. The van der Waals surface area contributed by atoms with Crippen LogP contribution < -0.4 is 0 Å². The van der Waals surface area contributed by atoms with Crippen molar-refractivity contribution < 1.29 is 33.2 Å². The van der Waals surface area contributed by atoms with E-state index in [1.165, 1.54) is 0 Å². The molecule has 7 heteroatoms. The second-order valence-electron chi connectivity index (χ2n) is 5.72. The number of carbonyl (C=O) groups is 1. The summed E-state index contributed by atoms with van der Waals surface area (Å²) in [5, 5.41) is 0. The fourth-order valence-electron chi connectivity index (χ4n) is 2.25. The molecule has 0 spiro atoms. The monoisotopic (exact) mass is 378 g/mol. The van der Waals surface area contributed by atoms with Crippen LogP contribution in [0.5, 0.6) is 0 Å². The van der Waals surface area contributed by atoms with Gasteiger partial charge >= 0.3 is 5.97 Å². The Morgan fingerprint density at radius 1 is 0.926 bits per heavy atom. The average Bonchev–Trinajstić information content (AvgIpc) is 2.71. The van der Waals surface area contributed by atoms with Gasteiger partial charge in [0.2, 0.25) is 0 Å². The first kappa shape index (κ1) is 21.4. The van der Waals surface area contributed by atoms with Crippen LogP contribution in [0.15, 0.2) is 24.3 Å². The molecule has 1 fully saturated rings. The molecule has 1 aromatic rings. The number of terminal acetylenes is 1. The first-order chi connectivity index (χ1) is 13.3. The largest absolute Gasteiger partial charge is 0.459 e. The van der Waals surface area contributed by atoms with Crippen LogP contribution in [0.3, 0.4) is 0 Å². The summed E-state index contributed by atoms with van der Waals surface area (Å²) in [4.78, 5) is 12.2. The van der Waals surface area contributed by atoms with Crippen LogP contribution >= 0.6 is 0 Å². The first-order valence-corrected chi connectivity index (χ1v) is 8.96. The highest BCUT2D eigenvalue weighted by molar-refractivity contribution is 5.89. The van der Waals surface area contributed by atoms with Crippen molar-refractivity contribution in [2.75, 3.05) is 66.1 Å². The van der Waals surface area contributed by atoms with Crippen molar-refractivity contribution in [3.63, 3.8) is 0 Å². The molecule has 1 aromatic carbocycles. The van der Waals surface area contributed by atoms with Crippen LogP contribution in [0.4, 0.5) is 0 Å². The highest BCUT2D eigenvalue weighted by atomic mass is 16.6. The van der Waals surface area contributed by atoms with Crippen LogP contribution in [0.1, 0.15) is 15.9 Å². The standard InChI is InChI=1S/C20H26O7/c1-2-17-3-5-18(6-4-17)20(21)27-16-19-15-25-12-11-23-8-7-22-9-10-24-13-14-26-19/h1,3-6,19H,7-16H2. The van der Waals surface area contributed by atoms with Gasteiger partial charge < -0.3 is 28.4 Å². The summed E-state index contributed by atoms with van der Waals surface area (Å²) in [6.45, 7) is 4.12. The van der Waals surface area contributed by atoms with Gasteiger partial charge in [-0.15, -0.1) is 6.42 Å². The van der Waals surface area contributed by atoms with E-state index in [-0.39, 0.29) is 12.7 Å². The minimum absolute atomic E-state index is 0.0830. The van der Waals surface area contributed by atoms with E-state index in [1.807, 2.05) is 0 Å². The minimum Gasteiger partial charge on any atom is -0.459 e. The van der Waals surface area contributed by atoms with Crippen LogP contribution in [0.2, 0.25) is 0 Å². The van der Waals surface area contributed by atoms with E-state index in [4.69, 9.17) is 34.8 Å². The molecule has 1 atom stereocenters. The molecule has 148 valence electrons. The van der Waals surface area contributed by atoms with Gasteiger partial charge in [0, 0.05) is 5.56 Å². The minimum atomic E-state index is -0.435. The number of carbonyl (C=O) groups excluding carboxylic acids is 1. The number of esters is 1. The van der Waals surface area contributed by atoms with Crippen LogP contribution in [0, 0.1) is 12.3 Å².